The molecule has 29 heavy (non-hydrogen) atoms. The van der Waals surface area contributed by atoms with Crippen molar-refractivity contribution in [2.24, 2.45) is 5.92 Å². The van der Waals surface area contributed by atoms with Crippen molar-refractivity contribution in [2.75, 3.05) is 5.32 Å². The Labute approximate surface area is 168 Å². The second-order valence-corrected chi connectivity index (χ2v) is 6.46. The van der Waals surface area contributed by atoms with Crippen LogP contribution in [-0.2, 0) is 16.1 Å². The van der Waals surface area contributed by atoms with E-state index in [0.717, 1.165) is 5.56 Å². The zero-order valence-corrected chi connectivity index (χ0v) is 16.2. The minimum absolute atomic E-state index is 0.0147. The van der Waals surface area contributed by atoms with Crippen molar-refractivity contribution in [1.82, 2.24) is 5.32 Å². The smallest absolute Gasteiger partial charge is 0.408 e. The highest BCUT2D eigenvalue weighted by atomic mass is 19.3. The minimum atomic E-state index is -2.92. The molecule has 8 heteroatoms. The van der Waals surface area contributed by atoms with Crippen molar-refractivity contribution in [3.63, 3.8) is 0 Å². The molecule has 6 nitrogen and oxygen atoms in total. The highest BCUT2D eigenvalue weighted by Gasteiger charge is 2.26. The Morgan fingerprint density at radius 2 is 1.69 bits per heavy atom. The molecule has 2 N–H and O–H groups in total. The maximum absolute atomic E-state index is 12.7. The van der Waals surface area contributed by atoms with E-state index in [9.17, 15) is 18.4 Å². The highest BCUT2D eigenvalue weighted by Crippen LogP contribution is 2.19. The van der Waals surface area contributed by atoms with Crippen LogP contribution in [0.25, 0.3) is 0 Å². The lowest BCUT2D eigenvalue weighted by molar-refractivity contribution is -0.119. The molecule has 156 valence electrons. The van der Waals surface area contributed by atoms with Crippen LogP contribution in [0, 0.1) is 5.92 Å². The molecule has 0 radical (unpaired) electrons. The van der Waals surface area contributed by atoms with E-state index in [-0.39, 0.29) is 18.3 Å². The number of ether oxygens (including phenoxy) is 2. The maximum atomic E-state index is 12.7. The summed E-state index contributed by atoms with van der Waals surface area (Å²) in [5.74, 6) is -0.599. The number of carbonyl (C=O) groups excluding carboxylic acids is 2. The number of nitrogens with one attached hydrogen (secondary N) is 2. The summed E-state index contributed by atoms with van der Waals surface area (Å²) in [6.07, 6.45) is -0.0481. The molecular formula is C21H24F2N2O4. The maximum Gasteiger partial charge on any atom is 0.408 e. The third kappa shape index (κ3) is 7.40. The van der Waals surface area contributed by atoms with Crippen LogP contribution in [0.1, 0.15) is 25.8 Å². The molecule has 0 heterocycles. The van der Waals surface area contributed by atoms with E-state index < -0.39 is 24.7 Å². The first-order chi connectivity index (χ1) is 13.9. The van der Waals surface area contributed by atoms with E-state index in [1.54, 1.807) is 0 Å². The van der Waals surface area contributed by atoms with Gasteiger partial charge in [0.15, 0.2) is 0 Å². The van der Waals surface area contributed by atoms with Crippen LogP contribution in [0.2, 0.25) is 0 Å². The number of rotatable bonds is 9. The number of hydrogen-bond donors (Lipinski definition) is 2. The summed E-state index contributed by atoms with van der Waals surface area (Å²) in [6.45, 7) is 0.906. The third-order valence-corrected chi connectivity index (χ3v) is 4.33. The van der Waals surface area contributed by atoms with Gasteiger partial charge >= 0.3 is 12.7 Å². The van der Waals surface area contributed by atoms with Gasteiger partial charge in [-0.2, -0.15) is 8.78 Å². The van der Waals surface area contributed by atoms with Crippen molar-refractivity contribution in [3.8, 4) is 5.75 Å². The second-order valence-electron chi connectivity index (χ2n) is 6.46. The molecule has 2 rings (SSSR count). The van der Waals surface area contributed by atoms with Gasteiger partial charge in [-0.3, -0.25) is 4.79 Å². The lowest BCUT2D eigenvalue weighted by atomic mass is 9.98. The number of alkyl halides is 2. The molecule has 0 aromatic heterocycles. The van der Waals surface area contributed by atoms with Crippen LogP contribution in [0.4, 0.5) is 19.3 Å². The summed E-state index contributed by atoms with van der Waals surface area (Å²) in [6, 6.07) is 13.9. The van der Waals surface area contributed by atoms with E-state index in [2.05, 4.69) is 15.4 Å². The Hall–Kier alpha value is -3.16. The zero-order chi connectivity index (χ0) is 21.2. The average molecular weight is 406 g/mol. The van der Waals surface area contributed by atoms with E-state index in [1.807, 2.05) is 44.2 Å². The van der Waals surface area contributed by atoms with Gasteiger partial charge in [0.05, 0.1) is 0 Å². The topological polar surface area (TPSA) is 76.7 Å². The summed E-state index contributed by atoms with van der Waals surface area (Å²) in [4.78, 5) is 24.8. The van der Waals surface area contributed by atoms with Crippen LogP contribution < -0.4 is 15.4 Å². The first-order valence-corrected chi connectivity index (χ1v) is 9.22. The molecule has 0 aliphatic rings. The number of alkyl carbamates (subject to hydrolysis) is 1. The fraction of sp³-hybridized carbons (Fsp3) is 0.333. The number of hydrogen-bond acceptors (Lipinski definition) is 4. The molecule has 0 bridgehead atoms. The molecular weight excluding hydrogens is 382 g/mol. The normalized spacial score (nSPS) is 12.7. The second kappa shape index (κ2) is 11.0. The first-order valence-electron chi connectivity index (χ1n) is 9.22. The van der Waals surface area contributed by atoms with Gasteiger partial charge in [0, 0.05) is 5.69 Å². The average Bonchev–Trinajstić information content (AvgIpc) is 2.71. The lowest BCUT2D eigenvalue weighted by Gasteiger charge is -2.23. The van der Waals surface area contributed by atoms with Crippen molar-refractivity contribution < 1.29 is 27.8 Å². The Morgan fingerprint density at radius 3 is 2.28 bits per heavy atom. The number of benzene rings is 2. The monoisotopic (exact) mass is 406 g/mol. The molecule has 0 aliphatic heterocycles. The van der Waals surface area contributed by atoms with Crippen LogP contribution >= 0.6 is 0 Å². The predicted octanol–water partition coefficient (Wildman–Crippen LogP) is 4.57. The van der Waals surface area contributed by atoms with Gasteiger partial charge < -0.3 is 20.1 Å². The fourth-order valence-electron chi connectivity index (χ4n) is 2.53. The lowest BCUT2D eigenvalue weighted by Crippen LogP contribution is -2.47. The molecule has 2 atom stereocenters. The van der Waals surface area contributed by atoms with Crippen LogP contribution in [0.3, 0.4) is 0 Å². The molecule has 0 aliphatic carbocycles. The van der Waals surface area contributed by atoms with Crippen LogP contribution in [0.5, 0.6) is 5.75 Å². The van der Waals surface area contributed by atoms with Gasteiger partial charge in [-0.15, -0.1) is 0 Å². The first kappa shape index (κ1) is 22.1. The number of amides is 2. The van der Waals surface area contributed by atoms with Crippen molar-refractivity contribution in [2.45, 2.75) is 39.5 Å². The minimum Gasteiger partial charge on any atom is -0.445 e. The van der Waals surface area contributed by atoms with Gasteiger partial charge in [0.25, 0.3) is 0 Å². The molecule has 0 saturated carbocycles. The molecule has 0 fully saturated rings. The Bertz CT molecular complexity index is 785. The zero-order valence-electron chi connectivity index (χ0n) is 16.2. The SMILES string of the molecule is CC[C@H](C)[C@H](NC(=O)OCc1ccccc1)C(=O)Nc1ccc(OC(F)F)cc1. The molecule has 2 amide bonds. The summed E-state index contributed by atoms with van der Waals surface area (Å²) < 4.78 is 33.9. The van der Waals surface area contributed by atoms with E-state index in [4.69, 9.17) is 4.74 Å². The third-order valence-electron chi connectivity index (χ3n) is 4.33. The van der Waals surface area contributed by atoms with Gasteiger partial charge in [-0.05, 0) is 35.7 Å². The van der Waals surface area contributed by atoms with E-state index in [1.165, 1.54) is 24.3 Å². The molecule has 0 spiro atoms. The van der Waals surface area contributed by atoms with Gasteiger partial charge in [0.2, 0.25) is 5.91 Å². The quantitative estimate of drug-likeness (QED) is 0.640. The van der Waals surface area contributed by atoms with Crippen molar-refractivity contribution >= 4 is 17.7 Å². The number of carbonyl (C=O) groups is 2. The fourth-order valence-corrected chi connectivity index (χ4v) is 2.53. The van der Waals surface area contributed by atoms with Crippen molar-refractivity contribution in [3.05, 3.63) is 60.2 Å². The molecule has 0 unspecified atom stereocenters. The Balaban J connectivity index is 1.95. The summed E-state index contributed by atoms with van der Waals surface area (Å²) in [5.41, 5.74) is 1.22. The van der Waals surface area contributed by atoms with Gasteiger partial charge in [-0.1, -0.05) is 50.6 Å². The molecule has 2 aromatic carbocycles. The molecule has 2 aromatic rings. The molecule has 0 saturated heterocycles. The number of halogens is 2. The Kier molecular flexibility index (Phi) is 8.39. The standard InChI is InChI=1S/C21H24F2N2O4/c1-3-14(2)18(25-21(27)28-13-15-7-5-4-6-8-15)19(26)24-16-9-11-17(12-10-16)29-20(22)23/h4-12,14,18,20H,3,13H2,1-2H3,(H,24,26)(H,25,27)/t14-,18-/m0/s1. The predicted molar refractivity (Wildman–Crippen MR) is 105 cm³/mol. The van der Waals surface area contributed by atoms with Gasteiger partial charge in [0.1, 0.15) is 18.4 Å². The summed E-state index contributed by atoms with van der Waals surface area (Å²) in [5, 5.41) is 5.26. The number of anilines is 1. The van der Waals surface area contributed by atoms with E-state index in [0.29, 0.717) is 12.1 Å². The summed E-state index contributed by atoms with van der Waals surface area (Å²) >= 11 is 0. The van der Waals surface area contributed by atoms with Crippen LogP contribution in [0.15, 0.2) is 54.6 Å². The highest BCUT2D eigenvalue weighted by molar-refractivity contribution is 5.96. The Morgan fingerprint density at radius 1 is 1.03 bits per heavy atom. The van der Waals surface area contributed by atoms with Gasteiger partial charge in [-0.25, -0.2) is 4.79 Å². The van der Waals surface area contributed by atoms with Crippen LogP contribution in [-0.4, -0.2) is 24.7 Å². The largest absolute Gasteiger partial charge is 0.445 e. The van der Waals surface area contributed by atoms with E-state index >= 15 is 0 Å². The van der Waals surface area contributed by atoms with Crippen molar-refractivity contribution in [1.29, 1.82) is 0 Å². The summed E-state index contributed by atoms with van der Waals surface area (Å²) in [7, 11) is 0.